The van der Waals surface area contributed by atoms with Crippen LogP contribution in [0.2, 0.25) is 0 Å². The standard InChI is InChI=1S/C63H86N4O7/c1-5-6-8-13-40-20-23-46(56(69)31-40)16-11-12-17-47-24-25-50(54-30-43(28-42-26-27-66-59(64)32-42)37-63(54,74)48(38-65-4)33-58(71)60(47)62(72)73)55-36-51(45-14-9-7-10-15-45)61(67-55)53-34-49(68)35-57(70)52(53)29-41-18-21-44(22-19-41)39(2)3/h7,9-10,14-15,18-23,26,32,34-36,39-40,43,46-48,50,54,56,58,60,65-71,74H,5-6,8,11-13,16-17,24-25,27-31,33,37-38,64H2,1-4H3,(H,72,73). The molecule has 3 aromatic carbocycles. The molecule has 0 saturated heterocycles. The van der Waals surface area contributed by atoms with E-state index in [1.807, 2.05) is 31.3 Å². The number of hydrogen-bond acceptors (Lipinski definition) is 9. The Balaban J connectivity index is 1.19. The minimum absolute atomic E-state index is 0.00616. The number of aromatic nitrogens is 1. The lowest BCUT2D eigenvalue weighted by atomic mass is 9.65. The van der Waals surface area contributed by atoms with Gasteiger partial charge >= 0.3 is 5.97 Å². The summed E-state index contributed by atoms with van der Waals surface area (Å²) in [7, 11) is 1.85. The summed E-state index contributed by atoms with van der Waals surface area (Å²) < 4.78 is 0. The number of hydrogen-bond donors (Lipinski definition) is 10. The summed E-state index contributed by atoms with van der Waals surface area (Å²) in [6.07, 6.45) is 19.2. The molecule has 3 aliphatic carbocycles. The number of allylic oxidation sites excluding steroid dienone is 3. The van der Waals surface area contributed by atoms with E-state index in [9.17, 15) is 35.4 Å². The van der Waals surface area contributed by atoms with Gasteiger partial charge in [-0.1, -0.05) is 126 Å². The van der Waals surface area contributed by atoms with E-state index < -0.39 is 29.5 Å². The van der Waals surface area contributed by atoms with Crippen LogP contribution in [0, 0.1) is 41.4 Å². The molecule has 11 heteroatoms. The van der Waals surface area contributed by atoms with E-state index >= 15 is 0 Å². The van der Waals surface area contributed by atoms with Gasteiger partial charge in [-0.2, -0.15) is 0 Å². The Morgan fingerprint density at radius 2 is 1.64 bits per heavy atom. The van der Waals surface area contributed by atoms with E-state index in [-0.39, 0.29) is 53.6 Å². The summed E-state index contributed by atoms with van der Waals surface area (Å²) in [5, 5.41) is 77.7. The second-order valence-corrected chi connectivity index (χ2v) is 23.1. The number of rotatable bonds is 20. The molecule has 74 heavy (non-hydrogen) atoms. The minimum atomic E-state index is -1.28. The fourth-order valence-corrected chi connectivity index (χ4v) is 13.7. The molecule has 4 aliphatic rings. The highest BCUT2D eigenvalue weighted by Crippen LogP contribution is 2.56. The van der Waals surface area contributed by atoms with Crippen molar-refractivity contribution in [1.82, 2.24) is 15.6 Å². The molecular formula is C63H86N4O7. The molecular weight excluding hydrogens is 925 g/mol. The number of phenols is 2. The molecule has 0 bridgehead atoms. The van der Waals surface area contributed by atoms with Gasteiger partial charge in [-0.25, -0.2) is 0 Å². The van der Waals surface area contributed by atoms with Crippen LogP contribution in [-0.4, -0.2) is 79.5 Å². The van der Waals surface area contributed by atoms with Crippen LogP contribution in [0.15, 0.2) is 108 Å². The smallest absolute Gasteiger partial charge is 0.309 e. The number of fused-ring (bicyclic) bond motifs is 1. The van der Waals surface area contributed by atoms with Gasteiger partial charge in [0.15, 0.2) is 0 Å². The molecule has 4 aromatic rings. The number of phenolic OH excluding ortho intramolecular Hbond substituents is 2. The van der Waals surface area contributed by atoms with Crippen molar-refractivity contribution in [3.63, 3.8) is 0 Å². The van der Waals surface area contributed by atoms with Gasteiger partial charge < -0.3 is 52.0 Å². The predicted molar refractivity (Wildman–Crippen MR) is 296 cm³/mol. The third-order valence-electron chi connectivity index (χ3n) is 17.6. The molecule has 11 unspecified atom stereocenters. The first-order chi connectivity index (χ1) is 35.6. The number of carboxylic acid groups (broad SMARTS) is 1. The van der Waals surface area contributed by atoms with Crippen LogP contribution in [-0.2, 0) is 11.2 Å². The molecule has 1 aliphatic heterocycles. The van der Waals surface area contributed by atoms with Crippen LogP contribution in [0.4, 0.5) is 0 Å². The van der Waals surface area contributed by atoms with Crippen molar-refractivity contribution in [3.8, 4) is 33.9 Å². The molecule has 11 N–H and O–H groups in total. The molecule has 2 fully saturated rings. The molecule has 11 nitrogen and oxygen atoms in total. The lowest BCUT2D eigenvalue weighted by Gasteiger charge is -2.44. The highest BCUT2D eigenvalue weighted by atomic mass is 16.4. The van der Waals surface area contributed by atoms with E-state index in [4.69, 9.17) is 5.73 Å². The van der Waals surface area contributed by atoms with E-state index in [1.165, 1.54) is 30.9 Å². The second-order valence-electron chi connectivity index (χ2n) is 23.1. The topological polar surface area (TPSA) is 204 Å². The number of aromatic hydroxyl groups is 2. The van der Waals surface area contributed by atoms with Crippen LogP contribution in [0.5, 0.6) is 11.5 Å². The van der Waals surface area contributed by atoms with E-state index in [0.717, 1.165) is 72.2 Å². The van der Waals surface area contributed by atoms with Gasteiger partial charge in [-0.15, -0.1) is 0 Å². The van der Waals surface area contributed by atoms with Crippen LogP contribution >= 0.6 is 0 Å². The average molecular weight is 1010 g/mol. The van der Waals surface area contributed by atoms with E-state index in [1.54, 1.807) is 6.07 Å². The first-order valence-electron chi connectivity index (χ1n) is 28.1. The number of nitrogens with one attached hydrogen (secondary N) is 3. The van der Waals surface area contributed by atoms with Crippen LogP contribution in [0.1, 0.15) is 151 Å². The number of benzene rings is 3. The van der Waals surface area contributed by atoms with Crippen molar-refractivity contribution in [1.29, 1.82) is 0 Å². The molecule has 2 saturated carbocycles. The summed E-state index contributed by atoms with van der Waals surface area (Å²) in [5.41, 5.74) is 13.2. The number of aliphatic carboxylic acids is 1. The Morgan fingerprint density at radius 3 is 2.34 bits per heavy atom. The van der Waals surface area contributed by atoms with Gasteiger partial charge in [0.25, 0.3) is 0 Å². The maximum atomic E-state index is 13.7. The van der Waals surface area contributed by atoms with Crippen LogP contribution in [0.3, 0.4) is 0 Å². The molecule has 1 aromatic heterocycles. The highest BCUT2D eigenvalue weighted by Gasteiger charge is 2.55. The lowest BCUT2D eigenvalue weighted by molar-refractivity contribution is -0.152. The third-order valence-corrected chi connectivity index (χ3v) is 17.6. The molecule has 11 atom stereocenters. The lowest BCUT2D eigenvalue weighted by Crippen LogP contribution is -2.51. The number of unbranched alkanes of at least 4 members (excludes halogenated alkanes) is 3. The van der Waals surface area contributed by atoms with Crippen molar-refractivity contribution < 1.29 is 35.4 Å². The maximum Gasteiger partial charge on any atom is 0.309 e. The summed E-state index contributed by atoms with van der Waals surface area (Å²) in [6.45, 7) is 7.57. The van der Waals surface area contributed by atoms with Gasteiger partial charge in [0.05, 0.1) is 35.2 Å². The molecule has 400 valence electrons. The zero-order valence-electron chi connectivity index (χ0n) is 44.5. The zero-order valence-corrected chi connectivity index (χ0v) is 44.5. The average Bonchev–Trinajstić information content (AvgIpc) is 3.95. The Kier molecular flexibility index (Phi) is 18.6. The summed E-state index contributed by atoms with van der Waals surface area (Å²) in [5.74, 6) is -1.89. The summed E-state index contributed by atoms with van der Waals surface area (Å²) in [4.78, 5) is 17.5. The largest absolute Gasteiger partial charge is 0.508 e. The fraction of sp³-hybridized carbons (Fsp3) is 0.540. The van der Waals surface area contributed by atoms with Crippen molar-refractivity contribution in [2.75, 3.05) is 20.1 Å². The Hall–Kier alpha value is -5.33. The zero-order chi connectivity index (χ0) is 52.5. The highest BCUT2D eigenvalue weighted by molar-refractivity contribution is 5.85. The van der Waals surface area contributed by atoms with Crippen molar-refractivity contribution >= 4 is 5.97 Å². The summed E-state index contributed by atoms with van der Waals surface area (Å²) >= 11 is 0. The number of aliphatic hydroxyl groups is 3. The monoisotopic (exact) mass is 1010 g/mol. The van der Waals surface area contributed by atoms with Gasteiger partial charge in [0, 0.05) is 65.7 Å². The number of aromatic amines is 1. The van der Waals surface area contributed by atoms with Gasteiger partial charge in [-0.05, 0) is 141 Å². The number of carbonyl (C=O) groups is 1. The molecule has 0 spiro atoms. The van der Waals surface area contributed by atoms with Gasteiger partial charge in [0.1, 0.15) is 11.5 Å². The first-order valence-corrected chi connectivity index (χ1v) is 28.1. The predicted octanol–water partition coefficient (Wildman–Crippen LogP) is 11.4. The molecule has 0 radical (unpaired) electrons. The molecule has 0 amide bonds. The van der Waals surface area contributed by atoms with Gasteiger partial charge in [0.2, 0.25) is 0 Å². The van der Waals surface area contributed by atoms with E-state index in [2.05, 4.69) is 97.1 Å². The second kappa shape index (κ2) is 25.0. The van der Waals surface area contributed by atoms with Crippen molar-refractivity contribution in [2.45, 2.75) is 153 Å². The fourth-order valence-electron chi connectivity index (χ4n) is 13.7. The van der Waals surface area contributed by atoms with Crippen LogP contribution < -0.4 is 16.4 Å². The number of H-pyrrole nitrogens is 1. The number of carboxylic acids is 1. The van der Waals surface area contributed by atoms with E-state index in [0.29, 0.717) is 80.4 Å². The molecule has 8 rings (SSSR count). The SMILES string of the molecule is CCCCCC1C=CC(CCCCC2CCC(c3cc(-c4ccccc4)c(-c4cc(O)cc(O)c4Cc4ccc(C(C)C)cc4)[nH]3)C3CC(CC4=CCNC(N)=C4)CC3(O)C(CNC)CC(O)C2C(=O)O)C(O)C1. The number of aliphatic hydroxyl groups excluding tert-OH is 2. The molecule has 2 heterocycles. The third kappa shape index (κ3) is 13.0. The maximum absolute atomic E-state index is 13.7. The Morgan fingerprint density at radius 1 is 0.878 bits per heavy atom. The Bertz CT molecular complexity index is 2570. The van der Waals surface area contributed by atoms with Crippen LogP contribution in [0.25, 0.3) is 22.4 Å². The number of dihydropyridines is 1. The quantitative estimate of drug-likeness (QED) is 0.0300. The first kappa shape index (κ1) is 54.9. The Labute approximate surface area is 440 Å². The van der Waals surface area contributed by atoms with Crippen molar-refractivity contribution in [3.05, 3.63) is 131 Å². The minimum Gasteiger partial charge on any atom is -0.508 e. The number of nitrogens with two attached hydrogens (primary N) is 1. The summed E-state index contributed by atoms with van der Waals surface area (Å²) in [6, 6.07) is 23.9. The van der Waals surface area contributed by atoms with Gasteiger partial charge in [-0.3, -0.25) is 4.79 Å². The normalized spacial score (nSPS) is 28.3. The van der Waals surface area contributed by atoms with Crippen molar-refractivity contribution in [2.24, 2.45) is 47.2 Å².